The third kappa shape index (κ3) is 4.15. The number of thioether (sulfide) groups is 1. The first kappa shape index (κ1) is 20.2. The Labute approximate surface area is 166 Å². The van der Waals surface area contributed by atoms with Crippen molar-refractivity contribution in [1.29, 1.82) is 0 Å². The Balaban J connectivity index is 1.96. The lowest BCUT2D eigenvalue weighted by molar-refractivity contribution is -0.113. The number of aromatic nitrogens is 2. The number of carbonyl (C=O) groups excluding carboxylic acids is 1. The summed E-state index contributed by atoms with van der Waals surface area (Å²) in [6.45, 7) is 0. The third-order valence-electron chi connectivity index (χ3n) is 3.79. The summed E-state index contributed by atoms with van der Waals surface area (Å²) in [5.41, 5.74) is -0.221. The highest BCUT2D eigenvalue weighted by molar-refractivity contribution is 8.01. The van der Waals surface area contributed by atoms with Crippen molar-refractivity contribution in [1.82, 2.24) is 9.78 Å². The predicted octanol–water partition coefficient (Wildman–Crippen LogP) is 4.41. The Morgan fingerprint density at radius 2 is 1.75 bits per heavy atom. The highest BCUT2D eigenvalue weighted by Crippen LogP contribution is 2.40. The first-order valence-corrected chi connectivity index (χ1v) is 9.24. The second-order valence-electron chi connectivity index (χ2n) is 5.75. The molecule has 0 fully saturated rings. The van der Waals surface area contributed by atoms with Gasteiger partial charge in [-0.25, -0.2) is 4.68 Å². The molecule has 0 saturated carbocycles. The number of hydrogen-bond donors (Lipinski definition) is 1. The molecule has 10 heteroatoms. The highest BCUT2D eigenvalue weighted by Gasteiger charge is 2.39. The second-order valence-corrected chi connectivity index (χ2v) is 7.59. The van der Waals surface area contributed by atoms with Gasteiger partial charge in [0.2, 0.25) is 0 Å². The first-order chi connectivity index (χ1) is 13.2. The van der Waals surface area contributed by atoms with E-state index < -0.39 is 16.8 Å². The quantitative estimate of drug-likeness (QED) is 0.495. The van der Waals surface area contributed by atoms with Gasteiger partial charge in [-0.2, -0.15) is 18.3 Å². The summed E-state index contributed by atoms with van der Waals surface area (Å²) in [4.78, 5) is 25.1. The van der Waals surface area contributed by atoms with Crippen molar-refractivity contribution in [3.8, 4) is 0 Å². The maximum Gasteiger partial charge on any atom is 0.414 e. The Kier molecular flexibility index (Phi) is 5.66. The van der Waals surface area contributed by atoms with Crippen LogP contribution in [0.3, 0.4) is 0 Å². The van der Waals surface area contributed by atoms with Crippen molar-refractivity contribution >= 4 is 45.7 Å². The standard InChI is InChI=1S/C18H13ClF3N3O2S/c1-25-16(27)11-7-3-2-6-10(11)14(24-25)15(26)23-12-8-4-5-9-13(12)28-17(19)18(20,21)22/h2-9,17H,1H3,(H,23,26)/t17-/m1/s1. The summed E-state index contributed by atoms with van der Waals surface area (Å²) in [6, 6.07) is 12.5. The van der Waals surface area contributed by atoms with E-state index in [0.717, 1.165) is 4.68 Å². The molecule has 0 saturated heterocycles. The van der Waals surface area contributed by atoms with E-state index in [0.29, 0.717) is 22.5 Å². The van der Waals surface area contributed by atoms with Crippen LogP contribution in [0, 0.1) is 0 Å². The number of carbonyl (C=O) groups is 1. The van der Waals surface area contributed by atoms with Gasteiger partial charge in [0, 0.05) is 17.3 Å². The van der Waals surface area contributed by atoms with Gasteiger partial charge in [0.1, 0.15) is 0 Å². The van der Waals surface area contributed by atoms with Crippen molar-refractivity contribution in [3.63, 3.8) is 0 Å². The predicted molar refractivity (Wildman–Crippen MR) is 103 cm³/mol. The van der Waals surface area contributed by atoms with E-state index in [2.05, 4.69) is 10.4 Å². The molecule has 0 aliphatic heterocycles. The maximum atomic E-state index is 12.8. The number of rotatable bonds is 4. The van der Waals surface area contributed by atoms with E-state index in [-0.39, 0.29) is 21.8 Å². The van der Waals surface area contributed by atoms with Crippen molar-refractivity contribution in [2.45, 2.75) is 15.8 Å². The van der Waals surface area contributed by atoms with Crippen LogP contribution in [-0.4, -0.2) is 26.6 Å². The van der Waals surface area contributed by atoms with Gasteiger partial charge in [-0.15, -0.1) is 11.6 Å². The molecule has 2 aromatic carbocycles. The van der Waals surface area contributed by atoms with Crippen LogP contribution in [0.2, 0.25) is 0 Å². The lowest BCUT2D eigenvalue weighted by Crippen LogP contribution is -2.25. The van der Waals surface area contributed by atoms with Crippen LogP contribution in [0.25, 0.3) is 10.8 Å². The molecule has 1 heterocycles. The van der Waals surface area contributed by atoms with Crippen LogP contribution in [0.15, 0.2) is 58.2 Å². The monoisotopic (exact) mass is 427 g/mol. The molecule has 3 aromatic rings. The van der Waals surface area contributed by atoms with E-state index in [1.165, 1.54) is 25.2 Å². The number of fused-ring (bicyclic) bond motifs is 1. The number of aryl methyl sites for hydroxylation is 1. The minimum Gasteiger partial charge on any atom is -0.320 e. The summed E-state index contributed by atoms with van der Waals surface area (Å²) in [6.07, 6.45) is -4.60. The molecular formula is C18H13ClF3N3O2S. The van der Waals surface area contributed by atoms with Crippen molar-refractivity contribution in [3.05, 3.63) is 64.6 Å². The smallest absolute Gasteiger partial charge is 0.320 e. The summed E-state index contributed by atoms with van der Waals surface area (Å²) >= 11 is 5.78. The van der Waals surface area contributed by atoms with Crippen molar-refractivity contribution < 1.29 is 18.0 Å². The van der Waals surface area contributed by atoms with E-state index >= 15 is 0 Å². The van der Waals surface area contributed by atoms with Crippen LogP contribution in [0.5, 0.6) is 0 Å². The van der Waals surface area contributed by atoms with Crippen LogP contribution in [0.1, 0.15) is 10.5 Å². The van der Waals surface area contributed by atoms with E-state index in [1.54, 1.807) is 30.3 Å². The summed E-state index contributed by atoms with van der Waals surface area (Å²) < 4.78 is 37.2. The largest absolute Gasteiger partial charge is 0.414 e. The fourth-order valence-electron chi connectivity index (χ4n) is 2.50. The maximum absolute atomic E-state index is 12.8. The number of nitrogens with zero attached hydrogens (tertiary/aromatic N) is 2. The van der Waals surface area contributed by atoms with Gasteiger partial charge in [-0.3, -0.25) is 9.59 Å². The molecule has 3 rings (SSSR count). The highest BCUT2D eigenvalue weighted by atomic mass is 35.5. The number of hydrogen-bond acceptors (Lipinski definition) is 4. The van der Waals surface area contributed by atoms with Gasteiger partial charge < -0.3 is 5.32 Å². The molecule has 1 N–H and O–H groups in total. The Morgan fingerprint density at radius 3 is 2.43 bits per heavy atom. The molecule has 1 aromatic heterocycles. The zero-order valence-electron chi connectivity index (χ0n) is 14.3. The third-order valence-corrected chi connectivity index (χ3v) is 5.39. The number of anilines is 1. The van der Waals surface area contributed by atoms with Crippen LogP contribution in [-0.2, 0) is 7.05 Å². The normalized spacial score (nSPS) is 12.8. The Hall–Kier alpha value is -2.52. The zero-order chi connectivity index (χ0) is 20.5. The fourth-order valence-corrected chi connectivity index (χ4v) is 3.55. The molecule has 5 nitrogen and oxygen atoms in total. The molecule has 0 bridgehead atoms. The average Bonchev–Trinajstić information content (AvgIpc) is 2.65. The minimum absolute atomic E-state index is 0.0178. The topological polar surface area (TPSA) is 64.0 Å². The van der Waals surface area contributed by atoms with Gasteiger partial charge in [-0.1, -0.05) is 42.1 Å². The zero-order valence-corrected chi connectivity index (χ0v) is 15.9. The molecule has 28 heavy (non-hydrogen) atoms. The van der Waals surface area contributed by atoms with Gasteiger partial charge in [-0.05, 0) is 18.2 Å². The number of benzene rings is 2. The summed E-state index contributed by atoms with van der Waals surface area (Å²) in [5.74, 6) is -0.655. The molecule has 0 unspecified atom stereocenters. The lowest BCUT2D eigenvalue weighted by atomic mass is 10.1. The molecule has 1 amide bonds. The van der Waals surface area contributed by atoms with E-state index in [1.807, 2.05) is 0 Å². The fraction of sp³-hybridized carbons (Fsp3) is 0.167. The first-order valence-electron chi connectivity index (χ1n) is 7.92. The molecule has 0 aliphatic carbocycles. The summed E-state index contributed by atoms with van der Waals surface area (Å²) in [7, 11) is 1.41. The Morgan fingerprint density at radius 1 is 1.14 bits per heavy atom. The van der Waals surface area contributed by atoms with Gasteiger partial charge >= 0.3 is 6.18 Å². The molecule has 1 atom stereocenters. The van der Waals surface area contributed by atoms with Crippen LogP contribution < -0.4 is 10.9 Å². The number of alkyl halides is 4. The Bertz CT molecular complexity index is 1100. The van der Waals surface area contributed by atoms with Gasteiger partial charge in [0.25, 0.3) is 11.5 Å². The number of nitrogens with one attached hydrogen (secondary N) is 1. The molecule has 0 radical (unpaired) electrons. The van der Waals surface area contributed by atoms with Crippen LogP contribution >= 0.6 is 23.4 Å². The van der Waals surface area contributed by atoms with Crippen molar-refractivity contribution in [2.75, 3.05) is 5.32 Å². The SMILES string of the molecule is Cn1nc(C(=O)Nc2ccccc2S[C@@H](Cl)C(F)(F)F)c2ccccc2c1=O. The van der Waals surface area contributed by atoms with Gasteiger partial charge in [0.15, 0.2) is 10.4 Å². The molecule has 0 aliphatic rings. The van der Waals surface area contributed by atoms with Gasteiger partial charge in [0.05, 0.1) is 11.1 Å². The number of para-hydroxylation sites is 1. The van der Waals surface area contributed by atoms with Crippen LogP contribution in [0.4, 0.5) is 18.9 Å². The molecule has 146 valence electrons. The second kappa shape index (κ2) is 7.84. The number of halogens is 4. The lowest BCUT2D eigenvalue weighted by Gasteiger charge is -2.16. The average molecular weight is 428 g/mol. The van der Waals surface area contributed by atoms with E-state index in [4.69, 9.17) is 11.6 Å². The minimum atomic E-state index is -4.60. The van der Waals surface area contributed by atoms with Crippen molar-refractivity contribution in [2.24, 2.45) is 7.05 Å². The molecular weight excluding hydrogens is 415 g/mol. The number of amides is 1. The summed E-state index contributed by atoms with van der Waals surface area (Å²) in [5, 5.41) is 7.22. The van der Waals surface area contributed by atoms with E-state index in [9.17, 15) is 22.8 Å². The molecule has 0 spiro atoms.